The Bertz CT molecular complexity index is 711. The van der Waals surface area contributed by atoms with Crippen LogP contribution in [-0.4, -0.2) is 41.0 Å². The summed E-state index contributed by atoms with van der Waals surface area (Å²) in [7, 11) is 0. The van der Waals surface area contributed by atoms with E-state index in [-0.39, 0.29) is 11.9 Å². The fourth-order valence-electron chi connectivity index (χ4n) is 3.88. The maximum Gasteiger partial charge on any atom is 0.268 e. The second-order valence-corrected chi connectivity index (χ2v) is 6.82. The molecule has 2 fully saturated rings. The molecule has 0 aliphatic carbocycles. The second kappa shape index (κ2) is 5.60. The zero-order valence-corrected chi connectivity index (χ0v) is 13.2. The Labute approximate surface area is 134 Å². The van der Waals surface area contributed by atoms with Gasteiger partial charge in [-0.15, -0.1) is 0 Å². The van der Waals surface area contributed by atoms with Crippen LogP contribution < -0.4 is 5.32 Å². The molecular weight excluding hydrogens is 298 g/mol. The zero-order chi connectivity index (χ0) is 15.1. The molecule has 2 N–H and O–H groups in total. The van der Waals surface area contributed by atoms with Crippen molar-refractivity contribution in [1.82, 2.24) is 15.2 Å². The highest BCUT2D eigenvalue weighted by molar-refractivity contribution is 6.31. The fraction of sp³-hybridized carbons (Fsp3) is 0.471. The van der Waals surface area contributed by atoms with Crippen LogP contribution >= 0.6 is 11.6 Å². The van der Waals surface area contributed by atoms with E-state index < -0.39 is 0 Å². The van der Waals surface area contributed by atoms with Crippen molar-refractivity contribution < 1.29 is 4.79 Å². The number of H-pyrrole nitrogens is 1. The van der Waals surface area contributed by atoms with E-state index in [0.717, 1.165) is 23.9 Å². The maximum absolute atomic E-state index is 12.5. The highest BCUT2D eigenvalue weighted by Crippen LogP contribution is 2.27. The van der Waals surface area contributed by atoms with Crippen LogP contribution in [0.15, 0.2) is 24.3 Å². The van der Waals surface area contributed by atoms with Gasteiger partial charge < -0.3 is 10.3 Å². The van der Waals surface area contributed by atoms with Gasteiger partial charge in [-0.05, 0) is 44.0 Å². The highest BCUT2D eigenvalue weighted by atomic mass is 35.5. The van der Waals surface area contributed by atoms with E-state index in [1.807, 2.05) is 24.3 Å². The number of halogens is 1. The molecule has 0 radical (unpaired) electrons. The van der Waals surface area contributed by atoms with Crippen LogP contribution in [0.25, 0.3) is 10.9 Å². The molecule has 4 nitrogen and oxygen atoms in total. The van der Waals surface area contributed by atoms with Crippen molar-refractivity contribution in [2.45, 2.75) is 37.8 Å². The van der Waals surface area contributed by atoms with Crippen LogP contribution in [-0.2, 0) is 0 Å². The second-order valence-electron chi connectivity index (χ2n) is 6.38. The summed E-state index contributed by atoms with van der Waals surface area (Å²) in [6.45, 7) is 2.29. The number of carbonyl (C=O) groups is 1. The van der Waals surface area contributed by atoms with Crippen LogP contribution in [0.5, 0.6) is 0 Å². The Morgan fingerprint density at radius 2 is 2.14 bits per heavy atom. The SMILES string of the molecule is O=C(N[C@@H]1CCN2CCCC[C@H]12)c1cc2ccc(Cl)cc2[nH]1. The van der Waals surface area contributed by atoms with Gasteiger partial charge in [-0.1, -0.05) is 24.1 Å². The van der Waals surface area contributed by atoms with Gasteiger partial charge in [0.15, 0.2) is 0 Å². The lowest BCUT2D eigenvalue weighted by Crippen LogP contribution is -2.46. The molecule has 2 atom stereocenters. The Balaban J connectivity index is 1.51. The Morgan fingerprint density at radius 3 is 3.05 bits per heavy atom. The number of aromatic nitrogens is 1. The number of aromatic amines is 1. The van der Waals surface area contributed by atoms with Gasteiger partial charge in [-0.2, -0.15) is 0 Å². The quantitative estimate of drug-likeness (QED) is 0.893. The minimum Gasteiger partial charge on any atom is -0.350 e. The van der Waals surface area contributed by atoms with Gasteiger partial charge in [-0.25, -0.2) is 0 Å². The molecule has 1 amide bonds. The van der Waals surface area contributed by atoms with Gasteiger partial charge in [0.25, 0.3) is 5.91 Å². The first kappa shape index (κ1) is 14.1. The standard InChI is InChI=1S/C17H20ClN3O/c18-12-5-4-11-9-15(19-14(11)10-12)17(22)20-13-6-8-21-7-2-1-3-16(13)21/h4-5,9-10,13,16,19H,1-3,6-8H2,(H,20,22)/t13-,16-/m1/s1. The molecule has 3 heterocycles. The first-order valence-corrected chi connectivity index (χ1v) is 8.42. The third-order valence-electron chi connectivity index (χ3n) is 5.00. The van der Waals surface area contributed by atoms with E-state index in [4.69, 9.17) is 11.6 Å². The van der Waals surface area contributed by atoms with Crippen LogP contribution in [0.1, 0.15) is 36.2 Å². The van der Waals surface area contributed by atoms with Crippen molar-refractivity contribution in [2.75, 3.05) is 13.1 Å². The van der Waals surface area contributed by atoms with Gasteiger partial charge in [0.2, 0.25) is 0 Å². The van der Waals surface area contributed by atoms with E-state index in [0.29, 0.717) is 16.8 Å². The molecule has 5 heteroatoms. The summed E-state index contributed by atoms with van der Waals surface area (Å²) >= 11 is 6.00. The molecule has 4 rings (SSSR count). The first-order chi connectivity index (χ1) is 10.7. The third kappa shape index (κ3) is 2.50. The summed E-state index contributed by atoms with van der Waals surface area (Å²) in [5.74, 6) is -0.00949. The number of hydrogen-bond donors (Lipinski definition) is 2. The average Bonchev–Trinajstić information content (AvgIpc) is 3.11. The number of benzene rings is 1. The van der Waals surface area contributed by atoms with E-state index in [1.54, 1.807) is 0 Å². The topological polar surface area (TPSA) is 48.1 Å². The number of nitrogens with zero attached hydrogens (tertiary/aromatic N) is 1. The van der Waals surface area contributed by atoms with Gasteiger partial charge in [0.05, 0.1) is 0 Å². The molecular formula is C17H20ClN3O. The molecule has 0 saturated carbocycles. The Morgan fingerprint density at radius 1 is 1.23 bits per heavy atom. The number of carbonyl (C=O) groups excluding carboxylic acids is 1. The van der Waals surface area contributed by atoms with Crippen LogP contribution in [0.3, 0.4) is 0 Å². The van der Waals surface area contributed by atoms with Crippen molar-refractivity contribution in [3.8, 4) is 0 Å². The van der Waals surface area contributed by atoms with E-state index in [1.165, 1.54) is 25.8 Å². The van der Waals surface area contributed by atoms with Gasteiger partial charge >= 0.3 is 0 Å². The molecule has 2 aliphatic rings. The highest BCUT2D eigenvalue weighted by Gasteiger charge is 2.36. The molecule has 2 aliphatic heterocycles. The molecule has 2 aromatic rings. The van der Waals surface area contributed by atoms with Gasteiger partial charge in [0.1, 0.15) is 5.69 Å². The molecule has 0 unspecified atom stereocenters. The molecule has 2 saturated heterocycles. The molecule has 22 heavy (non-hydrogen) atoms. The van der Waals surface area contributed by atoms with Crippen LogP contribution in [0, 0.1) is 0 Å². The number of piperidine rings is 1. The average molecular weight is 318 g/mol. The van der Waals surface area contributed by atoms with Crippen molar-refractivity contribution in [3.05, 3.63) is 35.0 Å². The zero-order valence-electron chi connectivity index (χ0n) is 12.4. The van der Waals surface area contributed by atoms with Crippen molar-refractivity contribution in [1.29, 1.82) is 0 Å². The van der Waals surface area contributed by atoms with Gasteiger partial charge in [0, 0.05) is 34.6 Å². The Kier molecular flexibility index (Phi) is 3.59. The third-order valence-corrected chi connectivity index (χ3v) is 5.24. The Hall–Kier alpha value is -1.52. The normalized spacial score (nSPS) is 25.3. The number of hydrogen-bond acceptors (Lipinski definition) is 2. The lowest BCUT2D eigenvalue weighted by atomic mass is 9.99. The lowest BCUT2D eigenvalue weighted by Gasteiger charge is -2.32. The van der Waals surface area contributed by atoms with Crippen molar-refractivity contribution in [3.63, 3.8) is 0 Å². The monoisotopic (exact) mass is 317 g/mol. The minimum absolute atomic E-state index is 0.00949. The number of rotatable bonds is 2. The molecule has 116 valence electrons. The maximum atomic E-state index is 12.5. The number of nitrogens with one attached hydrogen (secondary N) is 2. The van der Waals surface area contributed by atoms with E-state index in [9.17, 15) is 4.79 Å². The van der Waals surface area contributed by atoms with Crippen LogP contribution in [0.4, 0.5) is 0 Å². The summed E-state index contributed by atoms with van der Waals surface area (Å²) < 4.78 is 0. The summed E-state index contributed by atoms with van der Waals surface area (Å²) in [5.41, 5.74) is 1.52. The molecule has 0 spiro atoms. The number of fused-ring (bicyclic) bond motifs is 2. The van der Waals surface area contributed by atoms with Crippen molar-refractivity contribution in [2.24, 2.45) is 0 Å². The molecule has 1 aromatic carbocycles. The summed E-state index contributed by atoms with van der Waals surface area (Å²) in [6, 6.07) is 8.33. The predicted octanol–water partition coefficient (Wildman–Crippen LogP) is 3.18. The fourth-order valence-corrected chi connectivity index (χ4v) is 4.06. The largest absolute Gasteiger partial charge is 0.350 e. The minimum atomic E-state index is -0.00949. The van der Waals surface area contributed by atoms with Gasteiger partial charge in [-0.3, -0.25) is 9.69 Å². The first-order valence-electron chi connectivity index (χ1n) is 8.04. The van der Waals surface area contributed by atoms with E-state index >= 15 is 0 Å². The summed E-state index contributed by atoms with van der Waals surface area (Å²) in [5, 5.41) is 4.92. The smallest absolute Gasteiger partial charge is 0.268 e. The van der Waals surface area contributed by atoms with Crippen LogP contribution in [0.2, 0.25) is 5.02 Å². The van der Waals surface area contributed by atoms with Crippen molar-refractivity contribution >= 4 is 28.4 Å². The lowest BCUT2D eigenvalue weighted by molar-refractivity contribution is 0.0911. The molecule has 0 bridgehead atoms. The summed E-state index contributed by atoms with van der Waals surface area (Å²) in [6.07, 6.45) is 4.83. The number of amides is 1. The van der Waals surface area contributed by atoms with E-state index in [2.05, 4.69) is 15.2 Å². The predicted molar refractivity (Wildman–Crippen MR) is 88.4 cm³/mol. The summed E-state index contributed by atoms with van der Waals surface area (Å²) in [4.78, 5) is 18.2. The molecule has 1 aromatic heterocycles.